The van der Waals surface area contributed by atoms with Crippen molar-refractivity contribution in [2.75, 3.05) is 26.2 Å². The van der Waals surface area contributed by atoms with Gasteiger partial charge < -0.3 is 26.2 Å². The van der Waals surface area contributed by atoms with Gasteiger partial charge in [0.1, 0.15) is 12.1 Å². The van der Waals surface area contributed by atoms with Crippen molar-refractivity contribution in [3.63, 3.8) is 0 Å². The van der Waals surface area contributed by atoms with E-state index in [9.17, 15) is 19.2 Å². The van der Waals surface area contributed by atoms with Gasteiger partial charge in [0.15, 0.2) is 0 Å². The normalized spacial score (nSPS) is 17.4. The summed E-state index contributed by atoms with van der Waals surface area (Å²) in [6, 6.07) is -1.89. The Morgan fingerprint density at radius 2 is 1.79 bits per heavy atom. The molecule has 0 spiro atoms. The molecule has 3 unspecified atom stereocenters. The van der Waals surface area contributed by atoms with Crippen LogP contribution in [0, 0.1) is 0 Å². The first-order chi connectivity index (χ1) is 15.9. The molecule has 4 amide bonds. The Hall–Kier alpha value is -2.89. The Bertz CT molecular complexity index is 746. The van der Waals surface area contributed by atoms with Crippen LogP contribution in [0.2, 0.25) is 0 Å². The van der Waals surface area contributed by atoms with Gasteiger partial charge in [-0.2, -0.15) is 0 Å². The fourth-order valence-electron chi connectivity index (χ4n) is 3.84. The Labute approximate surface area is 202 Å². The number of nitrogens with two attached hydrogens (primary N) is 2. The van der Waals surface area contributed by atoms with E-state index in [0.29, 0.717) is 45.3 Å². The molecule has 0 aromatic rings. The molecule has 3 atom stereocenters. The van der Waals surface area contributed by atoms with Crippen LogP contribution in [0.3, 0.4) is 0 Å². The van der Waals surface area contributed by atoms with Crippen molar-refractivity contribution in [2.45, 2.75) is 84.0 Å². The highest BCUT2D eigenvalue weighted by atomic mass is 16.2. The third-order valence-electron chi connectivity index (χ3n) is 5.32. The molecule has 0 aromatic heterocycles. The minimum atomic E-state index is -0.741. The summed E-state index contributed by atoms with van der Waals surface area (Å²) >= 11 is 0. The van der Waals surface area contributed by atoms with Crippen LogP contribution in [0.5, 0.6) is 0 Å². The van der Waals surface area contributed by atoms with E-state index in [2.05, 4.69) is 26.3 Å². The molecule has 12 heteroatoms. The van der Waals surface area contributed by atoms with Gasteiger partial charge >= 0.3 is 5.96 Å². The Morgan fingerprint density at radius 1 is 1.12 bits per heavy atom. The van der Waals surface area contributed by atoms with Crippen LogP contribution < -0.4 is 37.7 Å². The molecule has 194 valence electrons. The van der Waals surface area contributed by atoms with Crippen molar-refractivity contribution in [1.29, 1.82) is 0 Å². The van der Waals surface area contributed by atoms with E-state index in [1.54, 1.807) is 13.8 Å². The molecule has 1 aliphatic rings. The number of likely N-dealkylation sites (N-methyl/N-ethyl adjacent to an activating group) is 1. The van der Waals surface area contributed by atoms with Crippen molar-refractivity contribution < 1.29 is 24.2 Å². The molecule has 9 N–H and O–H groups in total. The van der Waals surface area contributed by atoms with E-state index >= 15 is 0 Å². The molecule has 0 saturated carbocycles. The Morgan fingerprint density at radius 3 is 2.38 bits per heavy atom. The zero-order valence-corrected chi connectivity index (χ0v) is 21.1. The fourth-order valence-corrected chi connectivity index (χ4v) is 3.84. The molecule has 1 fully saturated rings. The average molecular weight is 484 g/mol. The number of carbonyl (C=O) groups is 4. The van der Waals surface area contributed by atoms with Crippen molar-refractivity contribution in [2.24, 2.45) is 11.5 Å². The van der Waals surface area contributed by atoms with E-state index in [0.717, 1.165) is 0 Å². The number of amides is 4. The number of likely N-dealkylation sites (tertiary alicyclic amines) is 1. The van der Waals surface area contributed by atoms with Crippen LogP contribution in [0.25, 0.3) is 0 Å². The van der Waals surface area contributed by atoms with Crippen molar-refractivity contribution >= 4 is 29.6 Å². The van der Waals surface area contributed by atoms with Gasteiger partial charge in [-0.15, -0.1) is 0 Å². The summed E-state index contributed by atoms with van der Waals surface area (Å²) in [5, 5.41) is 11.3. The maximum atomic E-state index is 13.0. The SMILES string of the molecule is CCNC(=O)C(CCC[NH+]=C(N)N)NC(=O)C1CCCN1C(=O)CNC(=O)C(C)NC(C)(C)C. The summed E-state index contributed by atoms with van der Waals surface area (Å²) in [5.74, 6) is -1.20. The molecule has 0 bridgehead atoms. The van der Waals surface area contributed by atoms with Crippen LogP contribution in [-0.2, 0) is 19.2 Å². The van der Waals surface area contributed by atoms with Crippen molar-refractivity contribution in [3.8, 4) is 0 Å². The number of rotatable bonds is 12. The summed E-state index contributed by atoms with van der Waals surface area (Å²) in [6.07, 6.45) is 2.10. The van der Waals surface area contributed by atoms with E-state index in [1.165, 1.54) is 4.90 Å². The Balaban J connectivity index is 2.70. The lowest BCUT2D eigenvalue weighted by molar-refractivity contribution is -0.459. The van der Waals surface area contributed by atoms with Gasteiger partial charge in [-0.05, 0) is 60.3 Å². The summed E-state index contributed by atoms with van der Waals surface area (Å²) in [5.41, 5.74) is 10.5. The largest absolute Gasteiger partial charge is 0.355 e. The first-order valence-corrected chi connectivity index (χ1v) is 11.9. The molecular formula is C22H43N8O4+. The summed E-state index contributed by atoms with van der Waals surface area (Å²) in [6.45, 7) is 10.5. The predicted molar refractivity (Wildman–Crippen MR) is 129 cm³/mol. The second-order valence-corrected chi connectivity index (χ2v) is 9.56. The van der Waals surface area contributed by atoms with Gasteiger partial charge in [0.05, 0.1) is 19.1 Å². The van der Waals surface area contributed by atoms with Gasteiger partial charge in [0.25, 0.3) is 0 Å². The van der Waals surface area contributed by atoms with Crippen LogP contribution in [0.4, 0.5) is 0 Å². The monoisotopic (exact) mass is 483 g/mol. The number of nitrogens with zero attached hydrogens (tertiary/aromatic N) is 1. The average Bonchev–Trinajstić information content (AvgIpc) is 3.22. The highest BCUT2D eigenvalue weighted by molar-refractivity contribution is 5.93. The summed E-state index contributed by atoms with van der Waals surface area (Å²) in [7, 11) is 0. The van der Waals surface area contributed by atoms with Gasteiger partial charge in [-0.3, -0.25) is 35.6 Å². The second-order valence-electron chi connectivity index (χ2n) is 9.56. The summed E-state index contributed by atoms with van der Waals surface area (Å²) in [4.78, 5) is 54.8. The molecule has 1 saturated heterocycles. The van der Waals surface area contributed by atoms with Crippen LogP contribution >= 0.6 is 0 Å². The molecule has 1 heterocycles. The highest BCUT2D eigenvalue weighted by Gasteiger charge is 2.35. The number of hydrogen-bond donors (Lipinski definition) is 7. The first-order valence-electron chi connectivity index (χ1n) is 11.9. The second kappa shape index (κ2) is 13.7. The standard InChI is InChI=1S/C22H42N8O4/c1-6-25-19(33)15(9-7-11-26-21(23)24)28-20(34)16-10-8-12-30(16)17(31)13-27-18(32)14(2)29-22(3,4)5/h14-16,29H,6-13H2,1-5H3,(H,25,33)(H,27,32)(H,28,34)(H4,23,24,26)/p+1. The molecule has 12 nitrogen and oxygen atoms in total. The molecule has 34 heavy (non-hydrogen) atoms. The third-order valence-corrected chi connectivity index (χ3v) is 5.32. The predicted octanol–water partition coefficient (Wildman–Crippen LogP) is -3.37. The number of carbonyl (C=O) groups excluding carboxylic acids is 4. The van der Waals surface area contributed by atoms with Gasteiger partial charge in [-0.25, -0.2) is 0 Å². The summed E-state index contributed by atoms with van der Waals surface area (Å²) < 4.78 is 0. The third kappa shape index (κ3) is 10.4. The molecule has 1 aliphatic heterocycles. The zero-order valence-electron chi connectivity index (χ0n) is 21.1. The molecule has 0 aliphatic carbocycles. The van der Waals surface area contributed by atoms with E-state index < -0.39 is 18.1 Å². The zero-order chi connectivity index (χ0) is 25.9. The highest BCUT2D eigenvalue weighted by Crippen LogP contribution is 2.18. The minimum Gasteiger partial charge on any atom is -0.355 e. The van der Waals surface area contributed by atoms with Gasteiger partial charge in [-0.1, -0.05) is 0 Å². The van der Waals surface area contributed by atoms with E-state index in [1.807, 2.05) is 20.8 Å². The first kappa shape index (κ1) is 29.1. The van der Waals surface area contributed by atoms with E-state index in [-0.39, 0.29) is 41.7 Å². The minimum absolute atomic E-state index is 0.0920. The molecule has 0 radical (unpaired) electrons. The molecule has 0 aromatic carbocycles. The van der Waals surface area contributed by atoms with Gasteiger partial charge in [0.2, 0.25) is 23.6 Å². The lowest BCUT2D eigenvalue weighted by Crippen LogP contribution is -2.78. The lowest BCUT2D eigenvalue weighted by atomic mass is 10.1. The number of nitrogens with one attached hydrogen (secondary N) is 5. The lowest BCUT2D eigenvalue weighted by Gasteiger charge is -2.27. The quantitative estimate of drug-likeness (QED) is 0.0857. The maximum Gasteiger partial charge on any atom is 0.338 e. The van der Waals surface area contributed by atoms with E-state index in [4.69, 9.17) is 11.5 Å². The van der Waals surface area contributed by atoms with Gasteiger partial charge in [0, 0.05) is 18.6 Å². The maximum absolute atomic E-state index is 13.0. The fraction of sp³-hybridized carbons (Fsp3) is 0.773. The van der Waals surface area contributed by atoms with Crippen molar-refractivity contribution in [1.82, 2.24) is 26.2 Å². The molecule has 1 rings (SSSR count). The number of guanidine groups is 1. The van der Waals surface area contributed by atoms with Crippen LogP contribution in [-0.4, -0.2) is 84.3 Å². The number of hydrogen-bond acceptors (Lipinski definition) is 5. The van der Waals surface area contributed by atoms with Crippen molar-refractivity contribution in [3.05, 3.63) is 0 Å². The van der Waals surface area contributed by atoms with Crippen LogP contribution in [0.15, 0.2) is 0 Å². The Kier molecular flexibility index (Phi) is 11.8. The smallest absolute Gasteiger partial charge is 0.338 e. The topological polar surface area (TPSA) is 186 Å². The van der Waals surface area contributed by atoms with Crippen LogP contribution in [0.1, 0.15) is 60.3 Å². The molecular weight excluding hydrogens is 440 g/mol.